The summed E-state index contributed by atoms with van der Waals surface area (Å²) in [6.07, 6.45) is 3.17. The molecule has 0 rings (SSSR count). The van der Waals surface area contributed by atoms with E-state index in [4.69, 9.17) is 0 Å². The van der Waals surface area contributed by atoms with E-state index in [9.17, 15) is 0 Å². The normalized spacial score (nSPS) is 13.3. The standard InChI is InChI=1S/C10H22N2/c1-5-8-12(7-3)10(6-2)9-11-4/h5,10-11H,1,6-9H2,2-4H3. The molecule has 2 nitrogen and oxygen atoms in total. The summed E-state index contributed by atoms with van der Waals surface area (Å²) in [7, 11) is 2.00. The Morgan fingerprint density at radius 3 is 2.50 bits per heavy atom. The van der Waals surface area contributed by atoms with Crippen molar-refractivity contribution >= 4 is 0 Å². The Labute approximate surface area is 76.6 Å². The number of nitrogens with zero attached hydrogens (tertiary/aromatic N) is 1. The molecule has 0 amide bonds. The van der Waals surface area contributed by atoms with E-state index in [-0.39, 0.29) is 0 Å². The Morgan fingerprint density at radius 2 is 2.17 bits per heavy atom. The predicted molar refractivity (Wildman–Crippen MR) is 55.4 cm³/mol. The van der Waals surface area contributed by atoms with Gasteiger partial charge in [-0.1, -0.05) is 19.9 Å². The van der Waals surface area contributed by atoms with Crippen LogP contribution in [0.25, 0.3) is 0 Å². The summed E-state index contributed by atoms with van der Waals surface area (Å²) < 4.78 is 0. The zero-order valence-electron chi connectivity index (χ0n) is 8.64. The van der Waals surface area contributed by atoms with Gasteiger partial charge in [-0.3, -0.25) is 4.90 Å². The van der Waals surface area contributed by atoms with Gasteiger partial charge in [-0.15, -0.1) is 6.58 Å². The van der Waals surface area contributed by atoms with Crippen molar-refractivity contribution in [1.29, 1.82) is 0 Å². The highest BCUT2D eigenvalue weighted by atomic mass is 15.2. The summed E-state index contributed by atoms with van der Waals surface area (Å²) in [6, 6.07) is 0.651. The third-order valence-electron chi connectivity index (χ3n) is 2.20. The van der Waals surface area contributed by atoms with E-state index >= 15 is 0 Å². The largest absolute Gasteiger partial charge is 0.318 e. The van der Waals surface area contributed by atoms with Gasteiger partial charge in [0.2, 0.25) is 0 Å². The number of hydrogen-bond acceptors (Lipinski definition) is 2. The highest BCUT2D eigenvalue weighted by molar-refractivity contribution is 4.78. The van der Waals surface area contributed by atoms with Crippen molar-refractivity contribution in [2.75, 3.05) is 26.7 Å². The van der Waals surface area contributed by atoms with E-state index in [0.717, 1.165) is 19.6 Å². The van der Waals surface area contributed by atoms with Crippen LogP contribution >= 0.6 is 0 Å². The quantitative estimate of drug-likeness (QED) is 0.582. The van der Waals surface area contributed by atoms with Crippen molar-refractivity contribution in [2.24, 2.45) is 0 Å². The third kappa shape index (κ3) is 3.88. The first-order valence-electron chi connectivity index (χ1n) is 4.79. The van der Waals surface area contributed by atoms with E-state index in [1.165, 1.54) is 6.42 Å². The topological polar surface area (TPSA) is 15.3 Å². The molecular weight excluding hydrogens is 148 g/mol. The first-order valence-corrected chi connectivity index (χ1v) is 4.79. The molecule has 1 N–H and O–H groups in total. The molecule has 0 fully saturated rings. The summed E-state index contributed by atoms with van der Waals surface area (Å²) >= 11 is 0. The van der Waals surface area contributed by atoms with Crippen molar-refractivity contribution in [3.05, 3.63) is 12.7 Å². The maximum atomic E-state index is 3.76. The van der Waals surface area contributed by atoms with Crippen molar-refractivity contribution < 1.29 is 0 Å². The lowest BCUT2D eigenvalue weighted by molar-refractivity contribution is 0.219. The van der Waals surface area contributed by atoms with Crippen LogP contribution in [0, 0.1) is 0 Å². The molecule has 2 heteroatoms. The Bertz CT molecular complexity index is 112. The van der Waals surface area contributed by atoms with Gasteiger partial charge in [-0.25, -0.2) is 0 Å². The summed E-state index contributed by atoms with van der Waals surface area (Å²) in [5, 5.41) is 3.22. The minimum absolute atomic E-state index is 0.651. The lowest BCUT2D eigenvalue weighted by Gasteiger charge is -2.28. The molecule has 0 saturated carbocycles. The highest BCUT2D eigenvalue weighted by Gasteiger charge is 2.11. The number of rotatable bonds is 7. The fourth-order valence-corrected chi connectivity index (χ4v) is 1.47. The second kappa shape index (κ2) is 7.32. The van der Waals surface area contributed by atoms with Gasteiger partial charge in [0.25, 0.3) is 0 Å². The lowest BCUT2D eigenvalue weighted by atomic mass is 10.2. The summed E-state index contributed by atoms with van der Waals surface area (Å²) in [5.74, 6) is 0. The molecule has 0 aromatic heterocycles. The molecule has 0 aromatic carbocycles. The van der Waals surface area contributed by atoms with Gasteiger partial charge in [0.15, 0.2) is 0 Å². The van der Waals surface area contributed by atoms with Crippen molar-refractivity contribution in [2.45, 2.75) is 26.3 Å². The van der Waals surface area contributed by atoms with Crippen molar-refractivity contribution in [1.82, 2.24) is 10.2 Å². The molecule has 0 aliphatic rings. The third-order valence-corrected chi connectivity index (χ3v) is 2.20. The summed E-state index contributed by atoms with van der Waals surface area (Å²) in [6.45, 7) is 11.4. The average molecular weight is 170 g/mol. The minimum Gasteiger partial charge on any atom is -0.318 e. The van der Waals surface area contributed by atoms with E-state index in [1.807, 2.05) is 13.1 Å². The van der Waals surface area contributed by atoms with E-state index in [0.29, 0.717) is 6.04 Å². The Hall–Kier alpha value is -0.340. The summed E-state index contributed by atoms with van der Waals surface area (Å²) in [4.78, 5) is 2.43. The van der Waals surface area contributed by atoms with Gasteiger partial charge in [0, 0.05) is 19.1 Å². The molecule has 0 heterocycles. The van der Waals surface area contributed by atoms with Gasteiger partial charge in [-0.2, -0.15) is 0 Å². The van der Waals surface area contributed by atoms with Gasteiger partial charge in [0.1, 0.15) is 0 Å². The Balaban J connectivity index is 3.92. The first-order chi connectivity index (χ1) is 5.79. The molecule has 0 saturated heterocycles. The fourth-order valence-electron chi connectivity index (χ4n) is 1.47. The Morgan fingerprint density at radius 1 is 1.50 bits per heavy atom. The van der Waals surface area contributed by atoms with Crippen LogP contribution in [0.2, 0.25) is 0 Å². The smallest absolute Gasteiger partial charge is 0.0221 e. The molecule has 0 aliphatic heterocycles. The number of nitrogens with one attached hydrogen (secondary N) is 1. The van der Waals surface area contributed by atoms with E-state index < -0.39 is 0 Å². The molecule has 72 valence electrons. The van der Waals surface area contributed by atoms with E-state index in [2.05, 4.69) is 30.6 Å². The maximum absolute atomic E-state index is 3.76. The molecule has 1 unspecified atom stereocenters. The molecule has 12 heavy (non-hydrogen) atoms. The van der Waals surface area contributed by atoms with Crippen LogP contribution < -0.4 is 5.32 Å². The van der Waals surface area contributed by atoms with Crippen LogP contribution in [0.3, 0.4) is 0 Å². The molecular formula is C10H22N2. The number of hydrogen-bond donors (Lipinski definition) is 1. The minimum atomic E-state index is 0.651. The fraction of sp³-hybridized carbons (Fsp3) is 0.800. The molecule has 0 aliphatic carbocycles. The number of likely N-dealkylation sites (N-methyl/N-ethyl adjacent to an activating group) is 2. The zero-order chi connectivity index (χ0) is 9.40. The van der Waals surface area contributed by atoms with Gasteiger partial charge in [0.05, 0.1) is 0 Å². The SMILES string of the molecule is C=CCN(CC)C(CC)CNC. The van der Waals surface area contributed by atoms with Crippen LogP contribution in [-0.4, -0.2) is 37.6 Å². The monoisotopic (exact) mass is 170 g/mol. The predicted octanol–water partition coefficient (Wildman–Crippen LogP) is 1.49. The Kier molecular flexibility index (Phi) is 7.11. The molecule has 1 atom stereocenters. The second-order valence-electron chi connectivity index (χ2n) is 3.00. The van der Waals surface area contributed by atoms with Crippen molar-refractivity contribution in [3.63, 3.8) is 0 Å². The van der Waals surface area contributed by atoms with Gasteiger partial charge in [-0.05, 0) is 20.0 Å². The van der Waals surface area contributed by atoms with Crippen molar-refractivity contribution in [3.8, 4) is 0 Å². The van der Waals surface area contributed by atoms with E-state index in [1.54, 1.807) is 0 Å². The van der Waals surface area contributed by atoms with Gasteiger partial charge < -0.3 is 5.32 Å². The zero-order valence-corrected chi connectivity index (χ0v) is 8.64. The van der Waals surface area contributed by atoms with Crippen LogP contribution in [-0.2, 0) is 0 Å². The van der Waals surface area contributed by atoms with Gasteiger partial charge >= 0.3 is 0 Å². The lowest BCUT2D eigenvalue weighted by Crippen LogP contribution is -2.41. The molecule has 0 aromatic rings. The van der Waals surface area contributed by atoms with Crippen LogP contribution in [0.5, 0.6) is 0 Å². The molecule has 0 radical (unpaired) electrons. The average Bonchev–Trinajstić information content (AvgIpc) is 2.11. The highest BCUT2D eigenvalue weighted by Crippen LogP contribution is 2.02. The maximum Gasteiger partial charge on any atom is 0.0221 e. The molecule has 0 bridgehead atoms. The molecule has 0 spiro atoms. The first kappa shape index (κ1) is 11.7. The second-order valence-corrected chi connectivity index (χ2v) is 3.00. The van der Waals surface area contributed by atoms with Crippen LogP contribution in [0.15, 0.2) is 12.7 Å². The summed E-state index contributed by atoms with van der Waals surface area (Å²) in [5.41, 5.74) is 0. The van der Waals surface area contributed by atoms with Crippen LogP contribution in [0.1, 0.15) is 20.3 Å². The van der Waals surface area contributed by atoms with Crippen LogP contribution in [0.4, 0.5) is 0 Å².